The van der Waals surface area contributed by atoms with Crippen LogP contribution in [0.2, 0.25) is 0 Å². The van der Waals surface area contributed by atoms with Gasteiger partial charge >= 0.3 is 0 Å². The van der Waals surface area contributed by atoms with E-state index in [1.165, 1.54) is 57.8 Å². The fourth-order valence-electron chi connectivity index (χ4n) is 4.23. The van der Waals surface area contributed by atoms with Crippen LogP contribution in [-0.2, 0) is 4.74 Å². The molecule has 3 aliphatic rings. The Balaban J connectivity index is 1.56. The van der Waals surface area contributed by atoms with Crippen LogP contribution in [0.4, 0.5) is 0 Å². The normalized spacial score (nSPS) is 41.1. The van der Waals surface area contributed by atoms with Crippen LogP contribution in [0.3, 0.4) is 0 Å². The number of ether oxygens (including phenoxy) is 1. The molecule has 0 aromatic rings. The molecule has 2 heteroatoms. The molecule has 3 unspecified atom stereocenters. The van der Waals surface area contributed by atoms with Crippen molar-refractivity contribution in [3.63, 3.8) is 0 Å². The molecule has 2 saturated carbocycles. The first-order valence-electron chi connectivity index (χ1n) is 7.67. The summed E-state index contributed by atoms with van der Waals surface area (Å²) in [6.45, 7) is 3.40. The Morgan fingerprint density at radius 2 is 1.88 bits per heavy atom. The number of hydrogen-bond donors (Lipinski definition) is 1. The molecule has 1 N–H and O–H groups in total. The van der Waals surface area contributed by atoms with Gasteiger partial charge in [0.05, 0.1) is 5.60 Å². The molecule has 0 amide bonds. The molecule has 0 radical (unpaired) electrons. The molecule has 1 spiro atoms. The highest BCUT2D eigenvalue weighted by Crippen LogP contribution is 2.40. The number of hydrogen-bond acceptors (Lipinski definition) is 2. The maximum atomic E-state index is 6.11. The van der Waals surface area contributed by atoms with Crippen LogP contribution in [0.25, 0.3) is 0 Å². The van der Waals surface area contributed by atoms with Crippen LogP contribution in [0.15, 0.2) is 0 Å². The second-order valence-electron chi connectivity index (χ2n) is 6.61. The highest BCUT2D eigenvalue weighted by Gasteiger charge is 2.40. The summed E-state index contributed by atoms with van der Waals surface area (Å²) in [5.74, 6) is 0.886. The van der Waals surface area contributed by atoms with Gasteiger partial charge in [0, 0.05) is 18.7 Å². The number of nitrogens with one attached hydrogen (secondary N) is 1. The largest absolute Gasteiger partial charge is 0.375 e. The van der Waals surface area contributed by atoms with Gasteiger partial charge in [0.2, 0.25) is 0 Å². The van der Waals surface area contributed by atoms with Crippen molar-refractivity contribution >= 4 is 0 Å². The summed E-state index contributed by atoms with van der Waals surface area (Å²) in [6.07, 6.45) is 12.1. The van der Waals surface area contributed by atoms with Crippen molar-refractivity contribution < 1.29 is 4.74 Å². The third kappa shape index (κ3) is 2.53. The average Bonchev–Trinajstić information content (AvgIpc) is 2.91. The molecular weight excluding hydrogens is 210 g/mol. The molecule has 17 heavy (non-hydrogen) atoms. The van der Waals surface area contributed by atoms with Crippen LogP contribution in [0.5, 0.6) is 0 Å². The van der Waals surface area contributed by atoms with Crippen molar-refractivity contribution in [1.29, 1.82) is 0 Å². The summed E-state index contributed by atoms with van der Waals surface area (Å²) >= 11 is 0. The standard InChI is InChI=1S/C15H27NO/c1-12-5-4-6-14(12)16-13-7-10-17-15(11-13)8-2-3-9-15/h12-14,16H,2-11H2,1H3. The van der Waals surface area contributed by atoms with E-state index < -0.39 is 0 Å². The van der Waals surface area contributed by atoms with Crippen LogP contribution in [0.1, 0.15) is 64.7 Å². The first-order chi connectivity index (χ1) is 8.27. The average molecular weight is 237 g/mol. The van der Waals surface area contributed by atoms with Gasteiger partial charge in [-0.25, -0.2) is 0 Å². The Hall–Kier alpha value is -0.0800. The molecule has 3 fully saturated rings. The fourth-order valence-corrected chi connectivity index (χ4v) is 4.23. The van der Waals surface area contributed by atoms with E-state index in [9.17, 15) is 0 Å². The van der Waals surface area contributed by atoms with Crippen molar-refractivity contribution in [2.45, 2.75) is 82.4 Å². The van der Waals surface area contributed by atoms with Gasteiger partial charge in [0.1, 0.15) is 0 Å². The smallest absolute Gasteiger partial charge is 0.0697 e. The van der Waals surface area contributed by atoms with Crippen molar-refractivity contribution in [3.05, 3.63) is 0 Å². The van der Waals surface area contributed by atoms with Crippen LogP contribution < -0.4 is 5.32 Å². The van der Waals surface area contributed by atoms with E-state index in [0.29, 0.717) is 0 Å². The lowest BCUT2D eigenvalue weighted by molar-refractivity contribution is -0.0850. The van der Waals surface area contributed by atoms with E-state index in [2.05, 4.69) is 12.2 Å². The molecule has 0 bridgehead atoms. The molecule has 2 nitrogen and oxygen atoms in total. The Bertz CT molecular complexity index is 260. The number of rotatable bonds is 2. The minimum Gasteiger partial charge on any atom is -0.375 e. The topological polar surface area (TPSA) is 21.3 Å². The van der Waals surface area contributed by atoms with Gasteiger partial charge in [-0.1, -0.05) is 26.2 Å². The van der Waals surface area contributed by atoms with Crippen molar-refractivity contribution in [3.8, 4) is 0 Å². The molecular formula is C15H27NO. The lowest BCUT2D eigenvalue weighted by atomic mass is 9.88. The Morgan fingerprint density at radius 1 is 1.06 bits per heavy atom. The zero-order chi connectivity index (χ0) is 11.7. The van der Waals surface area contributed by atoms with Crippen LogP contribution in [-0.4, -0.2) is 24.3 Å². The summed E-state index contributed by atoms with van der Waals surface area (Å²) in [4.78, 5) is 0. The van der Waals surface area contributed by atoms with Gasteiger partial charge in [0.25, 0.3) is 0 Å². The van der Waals surface area contributed by atoms with E-state index >= 15 is 0 Å². The van der Waals surface area contributed by atoms with Gasteiger partial charge in [-0.15, -0.1) is 0 Å². The molecule has 1 aliphatic heterocycles. The summed E-state index contributed by atoms with van der Waals surface area (Å²) in [7, 11) is 0. The second kappa shape index (κ2) is 4.89. The Labute approximate surface area is 105 Å². The van der Waals surface area contributed by atoms with Gasteiger partial charge in [0.15, 0.2) is 0 Å². The zero-order valence-electron chi connectivity index (χ0n) is 11.2. The zero-order valence-corrected chi connectivity index (χ0v) is 11.2. The Morgan fingerprint density at radius 3 is 2.59 bits per heavy atom. The van der Waals surface area contributed by atoms with Gasteiger partial charge < -0.3 is 10.1 Å². The fraction of sp³-hybridized carbons (Fsp3) is 1.00. The maximum absolute atomic E-state index is 6.11. The first kappa shape index (κ1) is 12.0. The second-order valence-corrected chi connectivity index (χ2v) is 6.61. The summed E-state index contributed by atoms with van der Waals surface area (Å²) < 4.78 is 6.11. The first-order valence-corrected chi connectivity index (χ1v) is 7.67. The summed E-state index contributed by atoms with van der Waals surface area (Å²) in [6, 6.07) is 1.52. The molecule has 1 heterocycles. The third-order valence-electron chi connectivity index (χ3n) is 5.32. The molecule has 2 aliphatic carbocycles. The van der Waals surface area contributed by atoms with Gasteiger partial charge in [-0.3, -0.25) is 0 Å². The maximum Gasteiger partial charge on any atom is 0.0697 e. The quantitative estimate of drug-likeness (QED) is 0.796. The monoisotopic (exact) mass is 237 g/mol. The SMILES string of the molecule is CC1CCCC1NC1CCOC2(CCCC2)C1. The predicted octanol–water partition coefficient (Wildman–Crippen LogP) is 3.26. The molecule has 0 aromatic carbocycles. The third-order valence-corrected chi connectivity index (χ3v) is 5.32. The van der Waals surface area contributed by atoms with Crippen molar-refractivity contribution in [2.75, 3.05) is 6.61 Å². The van der Waals surface area contributed by atoms with Gasteiger partial charge in [-0.2, -0.15) is 0 Å². The molecule has 98 valence electrons. The minimum absolute atomic E-state index is 0.276. The van der Waals surface area contributed by atoms with E-state index in [-0.39, 0.29) is 5.60 Å². The summed E-state index contributed by atoms with van der Waals surface area (Å²) in [5.41, 5.74) is 0.276. The van der Waals surface area contributed by atoms with E-state index in [1.54, 1.807) is 0 Å². The summed E-state index contributed by atoms with van der Waals surface area (Å²) in [5, 5.41) is 3.94. The van der Waals surface area contributed by atoms with Gasteiger partial charge in [-0.05, 0) is 44.4 Å². The molecule has 1 saturated heterocycles. The predicted molar refractivity (Wildman–Crippen MR) is 70.1 cm³/mol. The van der Waals surface area contributed by atoms with E-state index in [0.717, 1.165) is 24.6 Å². The highest BCUT2D eigenvalue weighted by molar-refractivity contribution is 4.95. The van der Waals surface area contributed by atoms with E-state index in [4.69, 9.17) is 4.74 Å². The van der Waals surface area contributed by atoms with E-state index in [1.807, 2.05) is 0 Å². The Kier molecular flexibility index (Phi) is 3.45. The lowest BCUT2D eigenvalue weighted by Gasteiger charge is -2.40. The van der Waals surface area contributed by atoms with Crippen LogP contribution >= 0.6 is 0 Å². The van der Waals surface area contributed by atoms with Crippen LogP contribution in [0, 0.1) is 5.92 Å². The van der Waals surface area contributed by atoms with Crippen molar-refractivity contribution in [1.82, 2.24) is 5.32 Å². The minimum atomic E-state index is 0.276. The molecule has 3 rings (SSSR count). The molecule has 3 atom stereocenters. The lowest BCUT2D eigenvalue weighted by Crippen LogP contribution is -2.49. The highest BCUT2D eigenvalue weighted by atomic mass is 16.5. The molecule has 0 aromatic heterocycles. The van der Waals surface area contributed by atoms with Crippen molar-refractivity contribution in [2.24, 2.45) is 5.92 Å².